The molecule has 0 bridgehead atoms. The average molecular weight is 201 g/mol. The molecule has 0 saturated heterocycles. The summed E-state index contributed by atoms with van der Waals surface area (Å²) in [5.74, 6) is 1.03. The number of nitrogens with zero attached hydrogens (tertiary/aromatic N) is 2. The molecule has 2 N–H and O–H groups in total. The topological polar surface area (TPSA) is 43.8 Å². The molecule has 78 valence electrons. The maximum Gasteiger partial charge on any atom is 0.112 e. The van der Waals surface area contributed by atoms with Gasteiger partial charge in [-0.05, 0) is 24.6 Å². The third kappa shape index (κ3) is 1.73. The number of imidazole rings is 1. The highest BCUT2D eigenvalue weighted by atomic mass is 15.1. The zero-order valence-electron chi connectivity index (χ0n) is 9.07. The van der Waals surface area contributed by atoms with Crippen LogP contribution in [0.2, 0.25) is 0 Å². The Hall–Kier alpha value is -1.77. The van der Waals surface area contributed by atoms with Crippen molar-refractivity contribution in [3.63, 3.8) is 0 Å². The van der Waals surface area contributed by atoms with Gasteiger partial charge in [-0.1, -0.05) is 13.0 Å². The molecule has 1 aromatic carbocycles. The minimum atomic E-state index is 0.785. The number of hydrogen-bond donors (Lipinski definition) is 1. The molecule has 0 spiro atoms. The molecule has 0 aliphatic rings. The number of benzene rings is 1. The summed E-state index contributed by atoms with van der Waals surface area (Å²) >= 11 is 0. The Morgan fingerprint density at radius 2 is 2.20 bits per heavy atom. The third-order valence-corrected chi connectivity index (χ3v) is 2.48. The van der Waals surface area contributed by atoms with Crippen LogP contribution in [0.1, 0.15) is 18.3 Å². The predicted octanol–water partition coefficient (Wildman–Crippen LogP) is 2.33. The summed E-state index contributed by atoms with van der Waals surface area (Å²) in [7, 11) is 0. The minimum absolute atomic E-state index is 0.785. The van der Waals surface area contributed by atoms with Crippen LogP contribution in [-0.4, -0.2) is 9.55 Å². The van der Waals surface area contributed by atoms with E-state index in [1.165, 1.54) is 5.56 Å². The fourth-order valence-electron chi connectivity index (χ4n) is 1.68. The van der Waals surface area contributed by atoms with Crippen LogP contribution in [0, 0.1) is 6.92 Å². The fraction of sp³-hybridized carbons (Fsp3) is 0.250. The molecule has 0 atom stereocenters. The molecule has 2 rings (SSSR count). The van der Waals surface area contributed by atoms with Crippen molar-refractivity contribution < 1.29 is 0 Å². The van der Waals surface area contributed by atoms with E-state index < -0.39 is 0 Å². The predicted molar refractivity (Wildman–Crippen MR) is 62.1 cm³/mol. The van der Waals surface area contributed by atoms with E-state index >= 15 is 0 Å². The van der Waals surface area contributed by atoms with Crippen molar-refractivity contribution in [1.82, 2.24) is 9.55 Å². The maximum absolute atomic E-state index is 5.96. The summed E-state index contributed by atoms with van der Waals surface area (Å²) < 4.78 is 2.04. The van der Waals surface area contributed by atoms with Crippen LogP contribution in [0.25, 0.3) is 5.69 Å². The minimum Gasteiger partial charge on any atom is -0.397 e. The third-order valence-electron chi connectivity index (χ3n) is 2.48. The van der Waals surface area contributed by atoms with Crippen LogP contribution in [-0.2, 0) is 6.42 Å². The summed E-state index contributed by atoms with van der Waals surface area (Å²) in [5, 5.41) is 0. The number of nitrogen functional groups attached to an aromatic ring is 1. The first-order chi connectivity index (χ1) is 7.22. The van der Waals surface area contributed by atoms with Gasteiger partial charge in [0.05, 0.1) is 11.4 Å². The molecule has 2 aromatic rings. The number of aromatic nitrogens is 2. The molecule has 0 amide bonds. The lowest BCUT2D eigenvalue weighted by Crippen LogP contribution is -2.03. The molecule has 15 heavy (non-hydrogen) atoms. The zero-order valence-corrected chi connectivity index (χ0v) is 9.07. The van der Waals surface area contributed by atoms with Crippen molar-refractivity contribution in [1.29, 1.82) is 0 Å². The van der Waals surface area contributed by atoms with Gasteiger partial charge in [0.25, 0.3) is 0 Å². The molecule has 0 unspecified atom stereocenters. The average Bonchev–Trinajstić information content (AvgIpc) is 2.69. The Labute approximate surface area is 89.6 Å². The molecule has 1 aromatic heterocycles. The quantitative estimate of drug-likeness (QED) is 0.758. The van der Waals surface area contributed by atoms with Gasteiger partial charge in [0.1, 0.15) is 5.82 Å². The number of nitrogens with two attached hydrogens (primary N) is 1. The zero-order chi connectivity index (χ0) is 10.8. The van der Waals surface area contributed by atoms with Gasteiger partial charge in [0.15, 0.2) is 0 Å². The lowest BCUT2D eigenvalue weighted by Gasteiger charge is -2.10. The van der Waals surface area contributed by atoms with Gasteiger partial charge in [-0.25, -0.2) is 4.98 Å². The standard InChI is InChI=1S/C12H15N3/c1-3-12-14-6-7-15(12)11-8-9(2)4-5-10(11)13/h4-8H,3,13H2,1-2H3. The lowest BCUT2D eigenvalue weighted by atomic mass is 10.2. The van der Waals surface area contributed by atoms with Crippen LogP contribution in [0.5, 0.6) is 0 Å². The molecule has 0 aliphatic carbocycles. The summed E-state index contributed by atoms with van der Waals surface area (Å²) in [4.78, 5) is 4.29. The van der Waals surface area contributed by atoms with Gasteiger partial charge in [-0.3, -0.25) is 0 Å². The van der Waals surface area contributed by atoms with Crippen LogP contribution >= 0.6 is 0 Å². The SMILES string of the molecule is CCc1nccn1-c1cc(C)ccc1N. The highest BCUT2D eigenvalue weighted by Gasteiger charge is 2.06. The molecule has 0 saturated carbocycles. The van der Waals surface area contributed by atoms with E-state index in [1.54, 1.807) is 6.20 Å². The van der Waals surface area contributed by atoms with Crippen LogP contribution in [0.3, 0.4) is 0 Å². The van der Waals surface area contributed by atoms with Gasteiger partial charge in [0.2, 0.25) is 0 Å². The van der Waals surface area contributed by atoms with Gasteiger partial charge < -0.3 is 10.3 Å². The monoisotopic (exact) mass is 201 g/mol. The first-order valence-corrected chi connectivity index (χ1v) is 5.11. The summed E-state index contributed by atoms with van der Waals surface area (Å²) in [6.07, 6.45) is 4.66. The molecule has 3 nitrogen and oxygen atoms in total. The molecule has 3 heteroatoms. The summed E-state index contributed by atoms with van der Waals surface area (Å²) in [6.45, 7) is 4.15. The Morgan fingerprint density at radius 1 is 1.40 bits per heavy atom. The first kappa shape index (κ1) is 9.77. The molecule has 0 radical (unpaired) electrons. The normalized spacial score (nSPS) is 10.5. The van der Waals surface area contributed by atoms with Crippen molar-refractivity contribution in [3.8, 4) is 5.69 Å². The van der Waals surface area contributed by atoms with Gasteiger partial charge >= 0.3 is 0 Å². The van der Waals surface area contributed by atoms with E-state index in [0.29, 0.717) is 0 Å². The van der Waals surface area contributed by atoms with Crippen LogP contribution in [0.15, 0.2) is 30.6 Å². The Morgan fingerprint density at radius 3 is 2.93 bits per heavy atom. The van der Waals surface area contributed by atoms with Crippen molar-refractivity contribution >= 4 is 5.69 Å². The molecular weight excluding hydrogens is 186 g/mol. The van der Waals surface area contributed by atoms with Crippen LogP contribution in [0.4, 0.5) is 5.69 Å². The Balaban J connectivity index is 2.58. The van der Waals surface area contributed by atoms with Crippen molar-refractivity contribution in [3.05, 3.63) is 42.0 Å². The highest BCUT2D eigenvalue weighted by Crippen LogP contribution is 2.20. The molecule has 0 fully saturated rings. The number of aryl methyl sites for hydroxylation is 2. The van der Waals surface area contributed by atoms with Crippen molar-refractivity contribution in [2.24, 2.45) is 0 Å². The maximum atomic E-state index is 5.96. The van der Waals surface area contributed by atoms with E-state index in [0.717, 1.165) is 23.6 Å². The first-order valence-electron chi connectivity index (χ1n) is 5.11. The number of rotatable bonds is 2. The lowest BCUT2D eigenvalue weighted by molar-refractivity contribution is 0.892. The largest absolute Gasteiger partial charge is 0.397 e. The second-order valence-corrected chi connectivity index (χ2v) is 3.63. The summed E-state index contributed by atoms with van der Waals surface area (Å²) in [6, 6.07) is 6.03. The fourth-order valence-corrected chi connectivity index (χ4v) is 1.68. The second-order valence-electron chi connectivity index (χ2n) is 3.63. The van der Waals surface area contributed by atoms with E-state index in [1.807, 2.05) is 22.9 Å². The van der Waals surface area contributed by atoms with Crippen molar-refractivity contribution in [2.75, 3.05) is 5.73 Å². The van der Waals surface area contributed by atoms with Crippen LogP contribution < -0.4 is 5.73 Å². The molecule has 0 aliphatic heterocycles. The number of anilines is 1. The van der Waals surface area contributed by atoms with E-state index in [2.05, 4.69) is 24.9 Å². The second kappa shape index (κ2) is 3.77. The Kier molecular flexibility index (Phi) is 2.46. The van der Waals surface area contributed by atoms with Crippen molar-refractivity contribution in [2.45, 2.75) is 20.3 Å². The van der Waals surface area contributed by atoms with E-state index in [-0.39, 0.29) is 0 Å². The number of hydrogen-bond acceptors (Lipinski definition) is 2. The van der Waals surface area contributed by atoms with Gasteiger partial charge in [-0.15, -0.1) is 0 Å². The van der Waals surface area contributed by atoms with Gasteiger partial charge in [0, 0.05) is 18.8 Å². The summed E-state index contributed by atoms with van der Waals surface area (Å²) in [5.41, 5.74) is 8.96. The van der Waals surface area contributed by atoms with Gasteiger partial charge in [-0.2, -0.15) is 0 Å². The molecule has 1 heterocycles. The highest BCUT2D eigenvalue weighted by molar-refractivity contribution is 5.59. The Bertz CT molecular complexity index is 471. The van der Waals surface area contributed by atoms with E-state index in [9.17, 15) is 0 Å². The van der Waals surface area contributed by atoms with E-state index in [4.69, 9.17) is 5.73 Å². The smallest absolute Gasteiger partial charge is 0.112 e. The molecular formula is C12H15N3.